The van der Waals surface area contributed by atoms with Gasteiger partial charge < -0.3 is 4.74 Å². The SMILES string of the molecule is Cc1ccnc(Oc2cncc(-c3cnc4c5ccccc5n(-c5cc(C)ccn5)c4c3)c2)c1. The van der Waals surface area contributed by atoms with Crippen molar-refractivity contribution in [2.45, 2.75) is 13.8 Å². The zero-order valence-corrected chi connectivity index (χ0v) is 18.8. The van der Waals surface area contributed by atoms with E-state index in [0.29, 0.717) is 11.6 Å². The molecule has 5 heterocycles. The molecular formula is C28H21N5O. The number of ether oxygens (including phenoxy) is 1. The fourth-order valence-electron chi connectivity index (χ4n) is 4.19. The summed E-state index contributed by atoms with van der Waals surface area (Å²) in [6.45, 7) is 4.08. The Labute approximate surface area is 196 Å². The molecule has 164 valence electrons. The van der Waals surface area contributed by atoms with Crippen molar-refractivity contribution in [3.05, 3.63) is 103 Å². The Bertz CT molecular complexity index is 1670. The maximum Gasteiger partial charge on any atom is 0.219 e. The van der Waals surface area contributed by atoms with Crippen LogP contribution in [0.15, 0.2) is 91.6 Å². The summed E-state index contributed by atoms with van der Waals surface area (Å²) in [6.07, 6.45) is 8.96. The monoisotopic (exact) mass is 443 g/mol. The second-order valence-corrected chi connectivity index (χ2v) is 8.32. The Hall–Kier alpha value is -4.58. The first-order chi connectivity index (χ1) is 16.7. The minimum absolute atomic E-state index is 0.540. The van der Waals surface area contributed by atoms with Gasteiger partial charge in [0.15, 0.2) is 0 Å². The van der Waals surface area contributed by atoms with Crippen LogP contribution < -0.4 is 4.74 Å². The third-order valence-electron chi connectivity index (χ3n) is 5.80. The summed E-state index contributed by atoms with van der Waals surface area (Å²) in [7, 11) is 0. The molecule has 6 rings (SSSR count). The predicted octanol–water partition coefficient (Wildman–Crippen LogP) is 6.44. The van der Waals surface area contributed by atoms with Crippen LogP contribution in [-0.4, -0.2) is 24.5 Å². The molecule has 0 spiro atoms. The second kappa shape index (κ2) is 8.08. The summed E-state index contributed by atoms with van der Waals surface area (Å²) in [5.41, 5.74) is 7.09. The normalized spacial score (nSPS) is 11.2. The van der Waals surface area contributed by atoms with Gasteiger partial charge in [-0.1, -0.05) is 18.2 Å². The summed E-state index contributed by atoms with van der Waals surface area (Å²) >= 11 is 0. The minimum Gasteiger partial charge on any atom is -0.437 e. The molecule has 0 radical (unpaired) electrons. The lowest BCUT2D eigenvalue weighted by Gasteiger charge is -2.09. The Kier molecular flexibility index (Phi) is 4.77. The number of fused-ring (bicyclic) bond motifs is 3. The molecule has 0 aliphatic rings. The average molecular weight is 444 g/mol. The van der Waals surface area contributed by atoms with Crippen LogP contribution in [0.25, 0.3) is 38.9 Å². The van der Waals surface area contributed by atoms with Gasteiger partial charge in [0.25, 0.3) is 0 Å². The molecule has 0 bridgehead atoms. The van der Waals surface area contributed by atoms with Crippen molar-refractivity contribution < 1.29 is 4.74 Å². The molecule has 6 nitrogen and oxygen atoms in total. The molecule has 0 saturated carbocycles. The van der Waals surface area contributed by atoms with Crippen molar-refractivity contribution in [1.82, 2.24) is 24.5 Å². The van der Waals surface area contributed by atoms with E-state index in [1.54, 1.807) is 12.4 Å². The van der Waals surface area contributed by atoms with E-state index >= 15 is 0 Å². The number of rotatable bonds is 4. The lowest BCUT2D eigenvalue weighted by atomic mass is 10.1. The fraction of sp³-hybridized carbons (Fsp3) is 0.0714. The highest BCUT2D eigenvalue weighted by Gasteiger charge is 2.15. The van der Waals surface area contributed by atoms with Crippen LogP contribution in [0.2, 0.25) is 0 Å². The van der Waals surface area contributed by atoms with Gasteiger partial charge in [-0.25, -0.2) is 9.97 Å². The van der Waals surface area contributed by atoms with Gasteiger partial charge in [-0.3, -0.25) is 14.5 Å². The topological polar surface area (TPSA) is 65.7 Å². The Morgan fingerprint density at radius 3 is 2.35 bits per heavy atom. The van der Waals surface area contributed by atoms with E-state index in [-0.39, 0.29) is 0 Å². The molecule has 6 aromatic rings. The van der Waals surface area contributed by atoms with Crippen molar-refractivity contribution in [2.75, 3.05) is 0 Å². The largest absolute Gasteiger partial charge is 0.437 e. The molecule has 0 aliphatic heterocycles. The van der Waals surface area contributed by atoms with E-state index in [2.05, 4.69) is 50.7 Å². The van der Waals surface area contributed by atoms with Gasteiger partial charge in [0.1, 0.15) is 11.6 Å². The van der Waals surface area contributed by atoms with E-state index in [1.165, 1.54) is 0 Å². The van der Waals surface area contributed by atoms with Crippen LogP contribution >= 0.6 is 0 Å². The van der Waals surface area contributed by atoms with Gasteiger partial charge >= 0.3 is 0 Å². The number of pyridine rings is 4. The van der Waals surface area contributed by atoms with E-state index in [9.17, 15) is 0 Å². The molecule has 1 aromatic carbocycles. The molecule has 5 aromatic heterocycles. The van der Waals surface area contributed by atoms with Crippen LogP contribution in [0, 0.1) is 13.8 Å². The van der Waals surface area contributed by atoms with E-state index in [4.69, 9.17) is 9.72 Å². The standard InChI is InChI=1S/C28H21N5O/c1-18-7-9-30-26(11-18)33-24-6-4-3-5-23(24)28-25(33)14-21(16-32-28)20-13-22(17-29-15-20)34-27-12-19(2)8-10-31-27/h3-17H,1-2H3. The maximum atomic E-state index is 5.95. The summed E-state index contributed by atoms with van der Waals surface area (Å²) in [4.78, 5) is 18.2. The summed E-state index contributed by atoms with van der Waals surface area (Å²) in [6, 6.07) is 20.3. The first-order valence-corrected chi connectivity index (χ1v) is 11.0. The summed E-state index contributed by atoms with van der Waals surface area (Å²) < 4.78 is 8.12. The molecule has 0 saturated heterocycles. The number of nitrogens with zero attached hydrogens (tertiary/aromatic N) is 5. The molecule has 0 atom stereocenters. The third-order valence-corrected chi connectivity index (χ3v) is 5.80. The van der Waals surface area contributed by atoms with Gasteiger partial charge in [-0.05, 0) is 61.4 Å². The number of para-hydroxylation sites is 1. The van der Waals surface area contributed by atoms with Crippen LogP contribution in [0.1, 0.15) is 11.1 Å². The smallest absolute Gasteiger partial charge is 0.219 e. The van der Waals surface area contributed by atoms with Gasteiger partial charge in [0.05, 0.1) is 22.7 Å². The van der Waals surface area contributed by atoms with Crippen LogP contribution in [0.4, 0.5) is 0 Å². The van der Waals surface area contributed by atoms with Crippen molar-refractivity contribution >= 4 is 21.9 Å². The fourth-order valence-corrected chi connectivity index (χ4v) is 4.19. The lowest BCUT2D eigenvalue weighted by Crippen LogP contribution is -1.98. The van der Waals surface area contributed by atoms with Crippen molar-refractivity contribution in [2.24, 2.45) is 0 Å². The third kappa shape index (κ3) is 3.55. The Balaban J connectivity index is 1.49. The van der Waals surface area contributed by atoms with Crippen LogP contribution in [0.5, 0.6) is 11.6 Å². The highest BCUT2D eigenvalue weighted by Crippen LogP contribution is 2.33. The minimum atomic E-state index is 0.540. The molecule has 0 aliphatic carbocycles. The molecule has 6 heteroatoms. The summed E-state index contributed by atoms with van der Waals surface area (Å²) in [5.74, 6) is 2.03. The van der Waals surface area contributed by atoms with Gasteiger partial charge in [0, 0.05) is 47.4 Å². The molecule has 0 amide bonds. The van der Waals surface area contributed by atoms with E-state index < -0.39 is 0 Å². The summed E-state index contributed by atoms with van der Waals surface area (Å²) in [5, 5.41) is 1.09. The van der Waals surface area contributed by atoms with Crippen molar-refractivity contribution in [1.29, 1.82) is 0 Å². The Morgan fingerprint density at radius 2 is 1.50 bits per heavy atom. The lowest BCUT2D eigenvalue weighted by molar-refractivity contribution is 0.460. The molecule has 0 fully saturated rings. The van der Waals surface area contributed by atoms with Crippen molar-refractivity contribution in [3.63, 3.8) is 0 Å². The highest BCUT2D eigenvalue weighted by molar-refractivity contribution is 6.07. The first-order valence-electron chi connectivity index (χ1n) is 11.0. The molecular weight excluding hydrogens is 422 g/mol. The zero-order chi connectivity index (χ0) is 23.1. The van der Waals surface area contributed by atoms with E-state index in [0.717, 1.165) is 50.0 Å². The number of aryl methyl sites for hydroxylation is 2. The number of benzene rings is 1. The van der Waals surface area contributed by atoms with E-state index in [1.807, 2.05) is 61.9 Å². The number of aromatic nitrogens is 5. The average Bonchev–Trinajstić information content (AvgIpc) is 3.18. The Morgan fingerprint density at radius 1 is 0.706 bits per heavy atom. The van der Waals surface area contributed by atoms with Gasteiger partial charge in [-0.15, -0.1) is 0 Å². The quantitative estimate of drug-likeness (QED) is 0.314. The van der Waals surface area contributed by atoms with Gasteiger partial charge in [0.2, 0.25) is 5.88 Å². The molecule has 0 N–H and O–H groups in total. The first kappa shape index (κ1) is 20.1. The number of hydrogen-bond donors (Lipinski definition) is 0. The number of hydrogen-bond acceptors (Lipinski definition) is 5. The zero-order valence-electron chi connectivity index (χ0n) is 18.8. The second-order valence-electron chi connectivity index (χ2n) is 8.32. The molecule has 34 heavy (non-hydrogen) atoms. The van der Waals surface area contributed by atoms with Crippen LogP contribution in [0.3, 0.4) is 0 Å². The maximum absolute atomic E-state index is 5.95. The highest BCUT2D eigenvalue weighted by atomic mass is 16.5. The van der Waals surface area contributed by atoms with Gasteiger partial charge in [-0.2, -0.15) is 0 Å². The predicted molar refractivity (Wildman–Crippen MR) is 133 cm³/mol. The van der Waals surface area contributed by atoms with Crippen molar-refractivity contribution in [3.8, 4) is 28.6 Å². The van der Waals surface area contributed by atoms with Crippen LogP contribution in [-0.2, 0) is 0 Å². The molecule has 0 unspecified atom stereocenters.